The molecule has 7 nitrogen and oxygen atoms in total. The maximum absolute atomic E-state index is 12.6. The third-order valence-corrected chi connectivity index (χ3v) is 4.38. The average molecular weight is 572 g/mol. The van der Waals surface area contributed by atoms with Gasteiger partial charge >= 0.3 is 6.61 Å². The van der Waals surface area contributed by atoms with Crippen molar-refractivity contribution in [2.24, 2.45) is 4.99 Å². The molecule has 0 fully saturated rings. The number of guanidine groups is 1. The van der Waals surface area contributed by atoms with E-state index in [-0.39, 0.29) is 36.3 Å². The summed E-state index contributed by atoms with van der Waals surface area (Å²) in [5.41, 5.74) is 1.28. The van der Waals surface area contributed by atoms with Crippen LogP contribution in [0.4, 0.5) is 8.78 Å². The van der Waals surface area contributed by atoms with Gasteiger partial charge in [-0.1, -0.05) is 11.6 Å². The van der Waals surface area contributed by atoms with Crippen molar-refractivity contribution < 1.29 is 27.7 Å². The molecule has 0 saturated heterocycles. The molecule has 0 heterocycles. The number of aliphatic imine (C=N–C) groups is 1. The molecule has 0 amide bonds. The molecular weight excluding hydrogens is 547 g/mol. The molecule has 31 heavy (non-hydrogen) atoms. The molecule has 0 saturated carbocycles. The highest BCUT2D eigenvalue weighted by Gasteiger charge is 2.16. The predicted molar refractivity (Wildman–Crippen MR) is 127 cm³/mol. The molecule has 0 aromatic heterocycles. The fourth-order valence-corrected chi connectivity index (χ4v) is 2.97. The summed E-state index contributed by atoms with van der Waals surface area (Å²) < 4.78 is 45.9. The van der Waals surface area contributed by atoms with E-state index in [1.54, 1.807) is 26.3 Å². The lowest BCUT2D eigenvalue weighted by atomic mass is 10.1. The first-order valence-electron chi connectivity index (χ1n) is 8.89. The molecular formula is C20H25ClF2IN3O4. The van der Waals surface area contributed by atoms with Gasteiger partial charge in [0.2, 0.25) is 5.75 Å². The fraction of sp³-hybridized carbons (Fsp3) is 0.350. The fourth-order valence-electron chi connectivity index (χ4n) is 2.78. The van der Waals surface area contributed by atoms with Crippen LogP contribution in [0.25, 0.3) is 0 Å². The Bertz CT molecular complexity index is 888. The maximum atomic E-state index is 12.6. The summed E-state index contributed by atoms with van der Waals surface area (Å²) in [6.07, 6.45) is 0. The molecule has 2 aromatic rings. The van der Waals surface area contributed by atoms with Gasteiger partial charge in [-0.05, 0) is 30.3 Å². The number of ether oxygens (including phenoxy) is 4. The number of hydrogen-bond donors (Lipinski definition) is 2. The summed E-state index contributed by atoms with van der Waals surface area (Å²) in [5, 5.41) is 6.59. The predicted octanol–water partition coefficient (Wildman–Crippen LogP) is 4.45. The second-order valence-electron chi connectivity index (χ2n) is 5.90. The molecule has 0 aliphatic rings. The zero-order chi connectivity index (χ0) is 22.1. The first kappa shape index (κ1) is 26.8. The molecule has 0 radical (unpaired) electrons. The number of nitrogens with zero attached hydrogens (tertiary/aromatic N) is 1. The van der Waals surface area contributed by atoms with Gasteiger partial charge in [0.1, 0.15) is 5.75 Å². The molecule has 0 aliphatic heterocycles. The molecule has 0 bridgehead atoms. The van der Waals surface area contributed by atoms with Gasteiger partial charge in [-0.2, -0.15) is 8.78 Å². The minimum absolute atomic E-state index is 0. The minimum atomic E-state index is -2.93. The second kappa shape index (κ2) is 13.3. The topological polar surface area (TPSA) is 73.3 Å². The van der Waals surface area contributed by atoms with Gasteiger partial charge in [-0.3, -0.25) is 4.99 Å². The summed E-state index contributed by atoms with van der Waals surface area (Å²) in [7, 11) is 6.21. The van der Waals surface area contributed by atoms with Crippen molar-refractivity contribution in [3.63, 3.8) is 0 Å². The quantitative estimate of drug-likeness (QED) is 0.263. The zero-order valence-electron chi connectivity index (χ0n) is 17.5. The summed E-state index contributed by atoms with van der Waals surface area (Å²) in [4.78, 5) is 4.14. The van der Waals surface area contributed by atoms with E-state index in [1.807, 2.05) is 6.07 Å². The van der Waals surface area contributed by atoms with Crippen molar-refractivity contribution in [1.29, 1.82) is 0 Å². The lowest BCUT2D eigenvalue weighted by Gasteiger charge is -2.18. The van der Waals surface area contributed by atoms with Gasteiger partial charge in [0, 0.05) is 36.3 Å². The van der Waals surface area contributed by atoms with Crippen LogP contribution < -0.4 is 29.6 Å². The Morgan fingerprint density at radius 1 is 0.935 bits per heavy atom. The van der Waals surface area contributed by atoms with Crippen LogP contribution in [0.2, 0.25) is 5.02 Å². The Kier molecular flexibility index (Phi) is 11.5. The van der Waals surface area contributed by atoms with Crippen LogP contribution in [0.1, 0.15) is 11.1 Å². The van der Waals surface area contributed by atoms with Gasteiger partial charge in [0.15, 0.2) is 17.5 Å². The number of methoxy groups -OCH3 is 3. The van der Waals surface area contributed by atoms with E-state index in [2.05, 4.69) is 20.4 Å². The molecule has 172 valence electrons. The molecule has 0 aliphatic carbocycles. The number of halogens is 4. The molecule has 0 spiro atoms. The molecule has 2 rings (SSSR count). The van der Waals surface area contributed by atoms with E-state index in [1.165, 1.54) is 26.4 Å². The Balaban J connectivity index is 0.00000480. The summed E-state index contributed by atoms with van der Waals surface area (Å²) in [6.45, 7) is -2.40. The highest BCUT2D eigenvalue weighted by molar-refractivity contribution is 14.0. The molecule has 2 N–H and O–H groups in total. The van der Waals surface area contributed by atoms with Crippen molar-refractivity contribution in [2.45, 2.75) is 19.7 Å². The van der Waals surface area contributed by atoms with E-state index < -0.39 is 6.61 Å². The Morgan fingerprint density at radius 3 is 2.10 bits per heavy atom. The smallest absolute Gasteiger partial charge is 0.387 e. The van der Waals surface area contributed by atoms with Gasteiger partial charge < -0.3 is 29.6 Å². The normalized spacial score (nSPS) is 10.9. The number of hydrogen-bond acceptors (Lipinski definition) is 5. The van der Waals surface area contributed by atoms with Crippen LogP contribution in [0.5, 0.6) is 23.0 Å². The van der Waals surface area contributed by atoms with Crippen LogP contribution in [-0.4, -0.2) is 40.9 Å². The largest absolute Gasteiger partial charge is 0.493 e. The van der Waals surface area contributed by atoms with E-state index in [9.17, 15) is 8.78 Å². The van der Waals surface area contributed by atoms with Crippen molar-refractivity contribution in [3.05, 3.63) is 46.5 Å². The number of benzene rings is 2. The van der Waals surface area contributed by atoms with Crippen LogP contribution in [-0.2, 0) is 13.1 Å². The van der Waals surface area contributed by atoms with Gasteiger partial charge in [-0.15, -0.1) is 24.0 Å². The second-order valence-corrected chi connectivity index (χ2v) is 6.34. The monoisotopic (exact) mass is 571 g/mol. The Labute approximate surface area is 202 Å². The third kappa shape index (κ3) is 7.46. The van der Waals surface area contributed by atoms with Gasteiger partial charge in [0.05, 0.1) is 21.3 Å². The molecule has 0 unspecified atom stereocenters. The third-order valence-electron chi connectivity index (χ3n) is 4.14. The molecule has 11 heteroatoms. The SMILES string of the molecule is CN=C(NCc1cc(Cl)ccc1OC(F)F)NCc1ccc(OC)c(OC)c1OC.I. The summed E-state index contributed by atoms with van der Waals surface area (Å²) in [6, 6.07) is 8.05. The van der Waals surface area contributed by atoms with Gasteiger partial charge in [-0.25, -0.2) is 0 Å². The van der Waals surface area contributed by atoms with E-state index >= 15 is 0 Å². The first-order chi connectivity index (χ1) is 14.4. The highest BCUT2D eigenvalue weighted by atomic mass is 127. The Morgan fingerprint density at radius 2 is 1.55 bits per heavy atom. The first-order valence-corrected chi connectivity index (χ1v) is 9.26. The highest BCUT2D eigenvalue weighted by Crippen LogP contribution is 2.39. The summed E-state index contributed by atoms with van der Waals surface area (Å²) >= 11 is 5.98. The lowest BCUT2D eigenvalue weighted by Crippen LogP contribution is -2.36. The van der Waals surface area contributed by atoms with Crippen LogP contribution >= 0.6 is 35.6 Å². The number of rotatable bonds is 9. The van der Waals surface area contributed by atoms with Crippen molar-refractivity contribution in [1.82, 2.24) is 10.6 Å². The average Bonchev–Trinajstić information content (AvgIpc) is 2.74. The Hall–Kier alpha value is -2.21. The maximum Gasteiger partial charge on any atom is 0.387 e. The number of alkyl halides is 2. The van der Waals surface area contributed by atoms with E-state index in [0.717, 1.165) is 5.56 Å². The van der Waals surface area contributed by atoms with Crippen molar-refractivity contribution in [3.8, 4) is 23.0 Å². The summed E-state index contributed by atoms with van der Waals surface area (Å²) in [5.74, 6) is 2.04. The van der Waals surface area contributed by atoms with Crippen molar-refractivity contribution >= 4 is 41.5 Å². The van der Waals surface area contributed by atoms with Gasteiger partial charge in [0.25, 0.3) is 0 Å². The minimum Gasteiger partial charge on any atom is -0.493 e. The van der Waals surface area contributed by atoms with Crippen LogP contribution in [0, 0.1) is 0 Å². The molecule has 2 aromatic carbocycles. The standard InChI is InChI=1S/C20H24ClF2N3O4.HI/c1-24-20(26-11-13-9-14(21)6-8-15(13)30-19(22)23)25-10-12-5-7-16(27-2)18(29-4)17(12)28-3;/h5-9,19H,10-11H2,1-4H3,(H2,24,25,26);1H. The number of nitrogens with one attached hydrogen (secondary N) is 2. The zero-order valence-corrected chi connectivity index (χ0v) is 20.6. The molecule has 0 atom stereocenters. The van der Waals surface area contributed by atoms with Crippen molar-refractivity contribution in [2.75, 3.05) is 28.4 Å². The van der Waals surface area contributed by atoms with E-state index in [4.69, 9.17) is 25.8 Å². The van der Waals surface area contributed by atoms with Crippen LogP contribution in [0.3, 0.4) is 0 Å². The van der Waals surface area contributed by atoms with E-state index in [0.29, 0.717) is 40.3 Å². The lowest BCUT2D eigenvalue weighted by molar-refractivity contribution is -0.0504. The van der Waals surface area contributed by atoms with Crippen LogP contribution in [0.15, 0.2) is 35.3 Å².